The summed E-state index contributed by atoms with van der Waals surface area (Å²) in [5, 5.41) is 5.78. The molecule has 1 atom stereocenters. The number of nitrogens with one attached hydrogen (secondary N) is 2. The number of hydrogen-bond donors (Lipinski definition) is 2. The summed E-state index contributed by atoms with van der Waals surface area (Å²) in [6.07, 6.45) is 0.889. The Bertz CT molecular complexity index is 198. The maximum atomic E-state index is 11.4. The molecule has 1 heterocycles. The predicted octanol–water partition coefficient (Wildman–Crippen LogP) is 1.07. The lowest BCUT2D eigenvalue weighted by atomic mass is 10.2. The van der Waals surface area contributed by atoms with Gasteiger partial charge in [0.05, 0.1) is 12.6 Å². The van der Waals surface area contributed by atoms with E-state index < -0.39 is 0 Å². The van der Waals surface area contributed by atoms with Crippen LogP contribution in [0.5, 0.6) is 0 Å². The van der Waals surface area contributed by atoms with Crippen molar-refractivity contribution in [2.45, 2.75) is 19.4 Å². The van der Waals surface area contributed by atoms with Crippen molar-refractivity contribution < 1.29 is 9.53 Å². The molecule has 0 bridgehead atoms. The van der Waals surface area contributed by atoms with Crippen molar-refractivity contribution in [2.24, 2.45) is 5.92 Å². The Kier molecular flexibility index (Phi) is 5.86. The summed E-state index contributed by atoms with van der Waals surface area (Å²) in [7, 11) is 1.65. The van der Waals surface area contributed by atoms with Gasteiger partial charge in [0.2, 0.25) is 0 Å². The van der Waals surface area contributed by atoms with Gasteiger partial charge >= 0.3 is 6.03 Å². The van der Waals surface area contributed by atoms with Crippen LogP contribution in [0.15, 0.2) is 0 Å². The van der Waals surface area contributed by atoms with E-state index in [0.29, 0.717) is 12.5 Å². The number of carbonyl (C=O) groups is 1. The average Bonchev–Trinajstić information content (AvgIpc) is 2.14. The summed E-state index contributed by atoms with van der Waals surface area (Å²) < 4.78 is 5.01. The minimum Gasteiger partial charge on any atom is -0.383 e. The van der Waals surface area contributed by atoms with Crippen LogP contribution in [0.1, 0.15) is 13.3 Å². The van der Waals surface area contributed by atoms with E-state index in [2.05, 4.69) is 10.6 Å². The smallest absolute Gasteiger partial charge is 0.315 e. The zero-order chi connectivity index (χ0) is 11.1. The monoisotopic (exact) mass is 232 g/mol. The van der Waals surface area contributed by atoms with E-state index in [4.69, 9.17) is 4.74 Å². The molecule has 1 aliphatic heterocycles. The van der Waals surface area contributed by atoms with Gasteiger partial charge in [0.15, 0.2) is 0 Å². The molecule has 4 nitrogen and oxygen atoms in total. The SMILES string of the molecule is CC[C@H](COC)NC(=O)NCC1CSC1. The van der Waals surface area contributed by atoms with Gasteiger partial charge in [0.25, 0.3) is 0 Å². The first-order valence-corrected chi connectivity index (χ1v) is 6.52. The molecule has 0 saturated carbocycles. The van der Waals surface area contributed by atoms with E-state index in [1.165, 1.54) is 11.5 Å². The second kappa shape index (κ2) is 6.95. The first kappa shape index (κ1) is 12.6. The lowest BCUT2D eigenvalue weighted by Crippen LogP contribution is -2.46. The second-order valence-electron chi connectivity index (χ2n) is 3.82. The maximum absolute atomic E-state index is 11.4. The standard InChI is InChI=1S/C10H20N2O2S/c1-3-9(5-14-2)12-10(13)11-4-8-6-15-7-8/h8-9H,3-7H2,1-2H3,(H2,11,12,13)/t9-/m1/s1. The molecular weight excluding hydrogens is 212 g/mol. The number of urea groups is 1. The molecule has 1 fully saturated rings. The van der Waals surface area contributed by atoms with E-state index >= 15 is 0 Å². The molecule has 1 rings (SSSR count). The van der Waals surface area contributed by atoms with Gasteiger partial charge in [-0.25, -0.2) is 4.79 Å². The van der Waals surface area contributed by atoms with Gasteiger partial charge in [-0.05, 0) is 23.8 Å². The summed E-state index contributed by atoms with van der Waals surface area (Å²) in [6.45, 7) is 3.40. The molecule has 0 aromatic heterocycles. The Morgan fingerprint density at radius 3 is 2.80 bits per heavy atom. The lowest BCUT2D eigenvalue weighted by molar-refractivity contribution is 0.163. The van der Waals surface area contributed by atoms with Crippen molar-refractivity contribution in [3.63, 3.8) is 0 Å². The fourth-order valence-corrected chi connectivity index (χ4v) is 2.14. The van der Waals surface area contributed by atoms with Crippen LogP contribution in [0.3, 0.4) is 0 Å². The quantitative estimate of drug-likeness (QED) is 0.720. The van der Waals surface area contributed by atoms with Gasteiger partial charge < -0.3 is 15.4 Å². The third-order valence-electron chi connectivity index (χ3n) is 2.45. The molecule has 0 radical (unpaired) electrons. The molecule has 2 N–H and O–H groups in total. The van der Waals surface area contributed by atoms with Crippen LogP contribution >= 0.6 is 11.8 Å². The Morgan fingerprint density at radius 2 is 2.33 bits per heavy atom. The fourth-order valence-electron chi connectivity index (χ4n) is 1.34. The summed E-state index contributed by atoms with van der Waals surface area (Å²) in [6, 6.07) is 0.0431. The summed E-state index contributed by atoms with van der Waals surface area (Å²) in [5.41, 5.74) is 0. The van der Waals surface area contributed by atoms with Crippen LogP contribution in [-0.4, -0.2) is 43.8 Å². The first-order chi connectivity index (χ1) is 7.26. The molecule has 0 aromatic rings. The minimum absolute atomic E-state index is 0.0733. The van der Waals surface area contributed by atoms with Crippen LogP contribution in [0.2, 0.25) is 0 Å². The van der Waals surface area contributed by atoms with E-state index in [-0.39, 0.29) is 12.1 Å². The molecule has 15 heavy (non-hydrogen) atoms. The van der Waals surface area contributed by atoms with Gasteiger partial charge in [-0.3, -0.25) is 0 Å². The molecule has 0 spiro atoms. The zero-order valence-electron chi connectivity index (χ0n) is 9.41. The molecule has 0 aliphatic carbocycles. The summed E-state index contributed by atoms with van der Waals surface area (Å²) in [5.74, 6) is 3.02. The molecule has 1 aliphatic rings. The number of amides is 2. The third-order valence-corrected chi connectivity index (χ3v) is 3.87. The number of hydrogen-bond acceptors (Lipinski definition) is 3. The van der Waals surface area contributed by atoms with Gasteiger partial charge in [-0.2, -0.15) is 11.8 Å². The number of thioether (sulfide) groups is 1. The average molecular weight is 232 g/mol. The zero-order valence-corrected chi connectivity index (χ0v) is 10.2. The highest BCUT2D eigenvalue weighted by Gasteiger charge is 2.19. The molecular formula is C10H20N2O2S. The summed E-state index contributed by atoms with van der Waals surface area (Å²) in [4.78, 5) is 11.4. The number of rotatable bonds is 6. The number of carbonyl (C=O) groups excluding carboxylic acids is 1. The van der Waals surface area contributed by atoms with Crippen LogP contribution < -0.4 is 10.6 Å². The normalized spacial score (nSPS) is 18.0. The highest BCUT2D eigenvalue weighted by Crippen LogP contribution is 2.23. The van der Waals surface area contributed by atoms with Crippen LogP contribution in [0.25, 0.3) is 0 Å². The predicted molar refractivity (Wildman–Crippen MR) is 63.3 cm³/mol. The first-order valence-electron chi connectivity index (χ1n) is 5.37. The van der Waals surface area contributed by atoms with E-state index in [1.54, 1.807) is 7.11 Å². The Morgan fingerprint density at radius 1 is 1.60 bits per heavy atom. The molecule has 88 valence electrons. The van der Waals surface area contributed by atoms with Gasteiger partial charge in [-0.15, -0.1) is 0 Å². The number of methoxy groups -OCH3 is 1. The van der Waals surface area contributed by atoms with Crippen LogP contribution in [0, 0.1) is 5.92 Å². The fraction of sp³-hybridized carbons (Fsp3) is 0.900. The van der Waals surface area contributed by atoms with Crippen LogP contribution in [0.4, 0.5) is 4.79 Å². The van der Waals surface area contributed by atoms with Crippen molar-refractivity contribution in [1.29, 1.82) is 0 Å². The van der Waals surface area contributed by atoms with Crippen molar-refractivity contribution in [3.8, 4) is 0 Å². The van der Waals surface area contributed by atoms with Crippen molar-refractivity contribution in [1.82, 2.24) is 10.6 Å². The Hall–Kier alpha value is -0.420. The molecule has 1 saturated heterocycles. The van der Waals surface area contributed by atoms with Gasteiger partial charge in [-0.1, -0.05) is 6.92 Å². The lowest BCUT2D eigenvalue weighted by Gasteiger charge is -2.25. The van der Waals surface area contributed by atoms with Gasteiger partial charge in [0, 0.05) is 13.7 Å². The van der Waals surface area contributed by atoms with Crippen LogP contribution in [-0.2, 0) is 4.74 Å². The van der Waals surface area contributed by atoms with Gasteiger partial charge in [0.1, 0.15) is 0 Å². The van der Waals surface area contributed by atoms with E-state index in [1.807, 2.05) is 18.7 Å². The Balaban J connectivity index is 2.09. The minimum atomic E-state index is -0.0733. The highest BCUT2D eigenvalue weighted by atomic mass is 32.2. The second-order valence-corrected chi connectivity index (χ2v) is 4.89. The molecule has 0 aromatic carbocycles. The highest BCUT2D eigenvalue weighted by molar-refractivity contribution is 8.00. The van der Waals surface area contributed by atoms with Crippen molar-refractivity contribution >= 4 is 17.8 Å². The third kappa shape index (κ3) is 4.75. The van der Waals surface area contributed by atoms with Crippen molar-refractivity contribution in [2.75, 3.05) is 31.8 Å². The topological polar surface area (TPSA) is 50.4 Å². The number of ether oxygens (including phenoxy) is 1. The van der Waals surface area contributed by atoms with E-state index in [0.717, 1.165) is 13.0 Å². The largest absolute Gasteiger partial charge is 0.383 e. The molecule has 2 amide bonds. The van der Waals surface area contributed by atoms with E-state index in [9.17, 15) is 4.79 Å². The summed E-state index contributed by atoms with van der Waals surface area (Å²) >= 11 is 1.93. The van der Waals surface area contributed by atoms with Crippen molar-refractivity contribution in [3.05, 3.63) is 0 Å². The molecule has 0 unspecified atom stereocenters. The molecule has 5 heteroatoms. The Labute approximate surface area is 95.5 Å². The maximum Gasteiger partial charge on any atom is 0.315 e.